The van der Waals surface area contributed by atoms with Crippen LogP contribution in [0.4, 0.5) is 0 Å². The lowest BCUT2D eigenvalue weighted by Crippen LogP contribution is -2.77. The predicted molar refractivity (Wildman–Crippen MR) is 135 cm³/mol. The second kappa shape index (κ2) is 7.70. The van der Waals surface area contributed by atoms with Gasteiger partial charge in [0.2, 0.25) is 0 Å². The minimum atomic E-state index is -0.923. The van der Waals surface area contributed by atoms with E-state index in [4.69, 9.17) is 31.2 Å². The summed E-state index contributed by atoms with van der Waals surface area (Å²) in [6.07, 6.45) is 7.81. The quantitative estimate of drug-likeness (QED) is 0.429. The first kappa shape index (κ1) is 25.1. The van der Waals surface area contributed by atoms with Crippen molar-refractivity contribution < 1.29 is 23.7 Å². The van der Waals surface area contributed by atoms with Gasteiger partial charge in [-0.2, -0.15) is 0 Å². The molecule has 192 valence electrons. The Kier molecular flexibility index (Phi) is 5.51. The van der Waals surface area contributed by atoms with Gasteiger partial charge in [-0.15, -0.1) is 6.58 Å². The first-order valence-corrected chi connectivity index (χ1v) is 13.0. The molecule has 7 nitrogen and oxygen atoms in total. The monoisotopic (exact) mass is 502 g/mol. The van der Waals surface area contributed by atoms with E-state index < -0.39 is 34.4 Å². The number of Topliss-reactive ketones (excluding diaryl/α,β-unsaturated/α-hetero) is 1. The molecule has 1 aromatic rings. The topological polar surface area (TPSA) is 71.8 Å². The van der Waals surface area contributed by atoms with E-state index in [-0.39, 0.29) is 35.7 Å². The first-order chi connectivity index (χ1) is 16.2. The number of ketones is 1. The van der Waals surface area contributed by atoms with Gasteiger partial charge < -0.3 is 18.9 Å². The van der Waals surface area contributed by atoms with E-state index in [0.29, 0.717) is 5.17 Å². The van der Waals surface area contributed by atoms with Gasteiger partial charge >= 0.3 is 0 Å². The summed E-state index contributed by atoms with van der Waals surface area (Å²) in [6.45, 7) is 18.5. The molecule has 8 heteroatoms. The fourth-order valence-electron chi connectivity index (χ4n) is 8.05. The van der Waals surface area contributed by atoms with Crippen LogP contribution in [-0.4, -0.2) is 55.8 Å². The summed E-state index contributed by atoms with van der Waals surface area (Å²) >= 11 is 5.66. The van der Waals surface area contributed by atoms with Crippen LogP contribution in [0, 0.1) is 22.7 Å². The third-order valence-corrected chi connectivity index (χ3v) is 9.47. The van der Waals surface area contributed by atoms with E-state index in [1.165, 1.54) is 0 Å². The van der Waals surface area contributed by atoms with Crippen molar-refractivity contribution in [2.45, 2.75) is 103 Å². The van der Waals surface area contributed by atoms with E-state index in [2.05, 4.69) is 32.3 Å². The molecule has 0 amide bonds. The Balaban J connectivity index is 1.67. The van der Waals surface area contributed by atoms with Crippen LogP contribution < -0.4 is 0 Å². The molecule has 2 aliphatic carbocycles. The number of fused-ring (bicyclic) bond motifs is 6. The molecule has 1 aromatic heterocycles. The smallest absolute Gasteiger partial charge is 0.269 e. The zero-order valence-corrected chi connectivity index (χ0v) is 22.7. The van der Waals surface area contributed by atoms with Gasteiger partial charge in [-0.05, 0) is 58.2 Å². The van der Waals surface area contributed by atoms with Crippen LogP contribution >= 0.6 is 12.2 Å². The first-order valence-electron chi connectivity index (χ1n) is 12.6. The molecular formula is C27H38N2O5S. The summed E-state index contributed by atoms with van der Waals surface area (Å²) in [5.41, 5.74) is -2.42. The summed E-state index contributed by atoms with van der Waals surface area (Å²) in [7, 11) is 0. The Morgan fingerprint density at radius 1 is 1.23 bits per heavy atom. The molecule has 2 aliphatic heterocycles. The molecule has 0 N–H and O–H groups in total. The van der Waals surface area contributed by atoms with Crippen LogP contribution in [0.25, 0.3) is 0 Å². The maximum atomic E-state index is 14.2. The Bertz CT molecular complexity index is 1050. The second-order valence-corrected chi connectivity index (χ2v) is 13.0. The van der Waals surface area contributed by atoms with Gasteiger partial charge in [0.15, 0.2) is 5.79 Å². The van der Waals surface area contributed by atoms with Crippen molar-refractivity contribution in [3.63, 3.8) is 0 Å². The normalized spacial score (nSPS) is 45.7. The number of carbonyl (C=O) groups excluding carboxylic acids is 1. The molecule has 0 spiro atoms. The fraction of sp³-hybridized carbons (Fsp3) is 0.741. The maximum absolute atomic E-state index is 14.2. The lowest BCUT2D eigenvalue weighted by Gasteiger charge is -2.67. The Labute approximate surface area is 213 Å². The van der Waals surface area contributed by atoms with Gasteiger partial charge in [-0.25, -0.2) is 4.98 Å². The van der Waals surface area contributed by atoms with Crippen LogP contribution in [0.5, 0.6) is 0 Å². The molecule has 3 heterocycles. The number of thiocarbonyl (C=S) groups is 1. The molecule has 35 heavy (non-hydrogen) atoms. The van der Waals surface area contributed by atoms with Gasteiger partial charge in [-0.3, -0.25) is 9.36 Å². The average Bonchev–Trinajstić information content (AvgIpc) is 3.37. The van der Waals surface area contributed by atoms with Gasteiger partial charge in [-0.1, -0.05) is 26.8 Å². The fourth-order valence-corrected chi connectivity index (χ4v) is 8.28. The van der Waals surface area contributed by atoms with Crippen LogP contribution in [0.1, 0.15) is 67.7 Å². The third kappa shape index (κ3) is 3.58. The minimum Gasteiger partial charge on any atom is -0.466 e. The zero-order chi connectivity index (χ0) is 25.6. The summed E-state index contributed by atoms with van der Waals surface area (Å²) in [4.78, 5) is 18.3. The average molecular weight is 503 g/mol. The van der Waals surface area contributed by atoms with Gasteiger partial charge in [0.1, 0.15) is 29.9 Å². The summed E-state index contributed by atoms with van der Waals surface area (Å²) in [5.74, 6) is -1.11. The standard InChI is InChI=1S/C27H38N2O5S/c1-9-25(6)14-16(30)19-26(7)17(31-22(35)29-13-12-28-15-29)10-11-23(2,3)20(26)18-21(27(19,8)34-25)33-24(4,5)32-18/h9,12-13,15,17-21H,1,10-11,14H2,2-8H3/t17-,18+,19-,20+,21+,25+,26-,27+/m1/s1. The molecule has 4 aliphatic rings. The van der Waals surface area contributed by atoms with Crippen molar-refractivity contribution in [1.82, 2.24) is 9.55 Å². The van der Waals surface area contributed by atoms with Crippen LogP contribution in [-0.2, 0) is 23.7 Å². The van der Waals surface area contributed by atoms with Crippen molar-refractivity contribution in [2.75, 3.05) is 0 Å². The highest BCUT2D eigenvalue weighted by molar-refractivity contribution is 7.80. The van der Waals surface area contributed by atoms with Crippen molar-refractivity contribution in [1.29, 1.82) is 0 Å². The highest BCUT2D eigenvalue weighted by Gasteiger charge is 2.76. The SMILES string of the molecule is C=C[C@@]1(C)CC(=O)[C@H]2[C@](C)(O1)[C@H]1OC(C)(C)O[C@H]1[C@H]1C(C)(C)CC[C@@H](OC(=S)n3ccnc3)[C@@]12C. The maximum Gasteiger partial charge on any atom is 0.269 e. The summed E-state index contributed by atoms with van der Waals surface area (Å²) < 4.78 is 28.3. The molecule has 2 saturated heterocycles. The molecule has 2 saturated carbocycles. The third-order valence-electron chi connectivity index (χ3n) is 9.16. The minimum absolute atomic E-state index is 0.00942. The van der Waals surface area contributed by atoms with Crippen LogP contribution in [0.15, 0.2) is 31.4 Å². The number of imidazole rings is 1. The number of hydrogen-bond donors (Lipinski definition) is 0. The van der Waals surface area contributed by atoms with E-state index in [1.807, 2.05) is 27.7 Å². The zero-order valence-electron chi connectivity index (χ0n) is 21.9. The van der Waals surface area contributed by atoms with Crippen molar-refractivity contribution in [3.8, 4) is 0 Å². The number of aromatic nitrogens is 2. The molecular weight excluding hydrogens is 464 g/mol. The van der Waals surface area contributed by atoms with Gasteiger partial charge in [0.25, 0.3) is 5.17 Å². The van der Waals surface area contributed by atoms with Crippen LogP contribution in [0.3, 0.4) is 0 Å². The Morgan fingerprint density at radius 2 is 1.94 bits per heavy atom. The molecule has 4 fully saturated rings. The van der Waals surface area contributed by atoms with E-state index in [9.17, 15) is 4.79 Å². The number of ether oxygens (including phenoxy) is 4. The second-order valence-electron chi connectivity index (χ2n) is 12.6. The summed E-state index contributed by atoms with van der Waals surface area (Å²) in [5, 5.41) is 0.333. The highest BCUT2D eigenvalue weighted by atomic mass is 32.1. The molecule has 0 bridgehead atoms. The highest BCUT2D eigenvalue weighted by Crippen LogP contribution is 2.68. The van der Waals surface area contributed by atoms with Crippen molar-refractivity contribution >= 4 is 23.2 Å². The van der Waals surface area contributed by atoms with Crippen LogP contribution in [0.2, 0.25) is 0 Å². The molecule has 5 rings (SSSR count). The number of rotatable bonds is 2. The molecule has 0 unspecified atom stereocenters. The number of carbonyl (C=O) groups is 1. The largest absolute Gasteiger partial charge is 0.466 e. The van der Waals surface area contributed by atoms with E-state index in [0.717, 1.165) is 12.8 Å². The van der Waals surface area contributed by atoms with Gasteiger partial charge in [0, 0.05) is 30.1 Å². The number of hydrogen-bond acceptors (Lipinski definition) is 7. The van der Waals surface area contributed by atoms with Crippen molar-refractivity contribution in [2.24, 2.45) is 22.7 Å². The lowest BCUT2D eigenvalue weighted by molar-refractivity contribution is -0.298. The summed E-state index contributed by atoms with van der Waals surface area (Å²) in [6, 6.07) is 0. The molecule has 0 radical (unpaired) electrons. The predicted octanol–water partition coefficient (Wildman–Crippen LogP) is 4.69. The van der Waals surface area contributed by atoms with Gasteiger partial charge in [0.05, 0.1) is 17.6 Å². The Hall–Kier alpha value is -1.61. The Morgan fingerprint density at radius 3 is 2.57 bits per heavy atom. The lowest BCUT2D eigenvalue weighted by atomic mass is 9.41. The van der Waals surface area contributed by atoms with E-state index >= 15 is 0 Å². The molecule has 0 aromatic carbocycles. The van der Waals surface area contributed by atoms with Crippen molar-refractivity contribution in [3.05, 3.63) is 31.4 Å². The number of nitrogens with zero attached hydrogens (tertiary/aromatic N) is 2. The van der Waals surface area contributed by atoms with E-state index in [1.54, 1.807) is 29.4 Å². The molecule has 8 atom stereocenters.